The molecule has 0 saturated heterocycles. The number of amides is 1. The molecule has 4 nitrogen and oxygen atoms in total. The Hall–Kier alpha value is -2.50. The number of carbonyl (C=O) groups excluding carboxylic acids is 1. The summed E-state index contributed by atoms with van der Waals surface area (Å²) in [4.78, 5) is 15.5. The highest BCUT2D eigenvalue weighted by atomic mass is 19.1. The Kier molecular flexibility index (Phi) is 3.18. The summed E-state index contributed by atoms with van der Waals surface area (Å²) in [6, 6.07) is 7.38. The summed E-state index contributed by atoms with van der Waals surface area (Å²) in [6.45, 7) is 0. The molecule has 0 bridgehead atoms. The maximum absolute atomic E-state index is 13.3. The average Bonchev–Trinajstić information content (AvgIpc) is 2.32. The molecule has 0 aliphatic heterocycles. The summed E-state index contributed by atoms with van der Waals surface area (Å²) in [7, 11) is 0. The molecule has 0 fully saturated rings. The molecule has 2 rings (SSSR count). The number of pyridine rings is 1. The van der Waals surface area contributed by atoms with E-state index in [0.29, 0.717) is 6.07 Å². The minimum Gasteiger partial charge on any atom is -0.384 e. The molecule has 0 saturated carbocycles. The van der Waals surface area contributed by atoms with Crippen molar-refractivity contribution in [1.29, 1.82) is 0 Å². The van der Waals surface area contributed by atoms with Gasteiger partial charge in [-0.1, -0.05) is 6.07 Å². The first kappa shape index (κ1) is 12.0. The quantitative estimate of drug-likeness (QED) is 0.857. The van der Waals surface area contributed by atoms with Gasteiger partial charge in [0.05, 0.1) is 5.69 Å². The van der Waals surface area contributed by atoms with Crippen molar-refractivity contribution in [2.45, 2.75) is 0 Å². The lowest BCUT2D eigenvalue weighted by molar-refractivity contribution is 0.102. The lowest BCUT2D eigenvalue weighted by Gasteiger charge is -2.06. The average molecular weight is 249 g/mol. The minimum atomic E-state index is -0.854. The number of hydrogen-bond donors (Lipinski definition) is 2. The molecule has 0 radical (unpaired) electrons. The van der Waals surface area contributed by atoms with E-state index in [-0.39, 0.29) is 17.2 Å². The largest absolute Gasteiger partial charge is 0.384 e. The van der Waals surface area contributed by atoms with Crippen LogP contribution < -0.4 is 11.1 Å². The van der Waals surface area contributed by atoms with Crippen molar-refractivity contribution in [3.63, 3.8) is 0 Å². The van der Waals surface area contributed by atoms with Crippen LogP contribution in [0.15, 0.2) is 36.4 Å². The lowest BCUT2D eigenvalue weighted by atomic mass is 10.2. The van der Waals surface area contributed by atoms with Crippen LogP contribution in [0.25, 0.3) is 0 Å². The molecule has 1 aromatic heterocycles. The zero-order valence-electron chi connectivity index (χ0n) is 9.15. The molecule has 0 aliphatic carbocycles. The van der Waals surface area contributed by atoms with Gasteiger partial charge in [-0.05, 0) is 24.3 Å². The van der Waals surface area contributed by atoms with Crippen LogP contribution in [-0.4, -0.2) is 10.9 Å². The standard InChI is InChI=1S/C12H9F2N3O/c13-7-4-5-9(8(14)6-7)17-12(18)10-2-1-3-11(15)16-10/h1-6H,(H2,15,16)(H,17,18). The fourth-order valence-corrected chi connectivity index (χ4v) is 1.36. The molecule has 1 amide bonds. The van der Waals surface area contributed by atoms with Gasteiger partial charge in [0.25, 0.3) is 5.91 Å². The van der Waals surface area contributed by atoms with Gasteiger partial charge < -0.3 is 11.1 Å². The highest BCUT2D eigenvalue weighted by molar-refractivity contribution is 6.03. The van der Waals surface area contributed by atoms with E-state index in [9.17, 15) is 13.6 Å². The summed E-state index contributed by atoms with van der Waals surface area (Å²) < 4.78 is 26.0. The summed E-state index contributed by atoms with van der Waals surface area (Å²) >= 11 is 0. The Bertz CT molecular complexity index is 602. The van der Waals surface area contributed by atoms with Crippen LogP contribution >= 0.6 is 0 Å². The summed E-state index contributed by atoms with van der Waals surface area (Å²) in [5.41, 5.74) is 5.36. The molecule has 18 heavy (non-hydrogen) atoms. The number of nitrogens with zero attached hydrogens (tertiary/aromatic N) is 1. The Labute approximate surface area is 101 Å². The predicted molar refractivity (Wildman–Crippen MR) is 63.0 cm³/mol. The van der Waals surface area contributed by atoms with E-state index in [0.717, 1.165) is 12.1 Å². The monoisotopic (exact) mass is 249 g/mol. The summed E-state index contributed by atoms with van der Waals surface area (Å²) in [6.07, 6.45) is 0. The van der Waals surface area contributed by atoms with Crippen molar-refractivity contribution < 1.29 is 13.6 Å². The van der Waals surface area contributed by atoms with Gasteiger partial charge in [-0.15, -0.1) is 0 Å². The van der Waals surface area contributed by atoms with E-state index in [1.165, 1.54) is 12.1 Å². The first-order valence-corrected chi connectivity index (χ1v) is 5.05. The Morgan fingerprint density at radius 1 is 1.22 bits per heavy atom. The van der Waals surface area contributed by atoms with Gasteiger partial charge in [-0.25, -0.2) is 13.8 Å². The van der Waals surface area contributed by atoms with Crippen LogP contribution in [0.4, 0.5) is 20.3 Å². The summed E-state index contributed by atoms with van der Waals surface area (Å²) in [5, 5.41) is 2.28. The van der Waals surface area contributed by atoms with Gasteiger partial charge in [-0.3, -0.25) is 4.79 Å². The Balaban J connectivity index is 2.21. The first-order chi connectivity index (χ1) is 8.56. The number of carbonyl (C=O) groups is 1. The second kappa shape index (κ2) is 4.79. The Morgan fingerprint density at radius 3 is 2.67 bits per heavy atom. The molecular formula is C12H9F2N3O. The van der Waals surface area contributed by atoms with Crippen LogP contribution in [-0.2, 0) is 0 Å². The van der Waals surface area contributed by atoms with E-state index in [4.69, 9.17) is 5.73 Å². The number of hydrogen-bond acceptors (Lipinski definition) is 3. The normalized spacial score (nSPS) is 10.1. The number of nitrogens with one attached hydrogen (secondary N) is 1. The van der Waals surface area contributed by atoms with E-state index in [1.54, 1.807) is 6.07 Å². The molecule has 1 heterocycles. The zero-order chi connectivity index (χ0) is 13.1. The van der Waals surface area contributed by atoms with Gasteiger partial charge in [0, 0.05) is 6.07 Å². The molecule has 1 aromatic carbocycles. The fraction of sp³-hybridized carbons (Fsp3) is 0. The van der Waals surface area contributed by atoms with Crippen LogP contribution in [0.2, 0.25) is 0 Å². The van der Waals surface area contributed by atoms with Gasteiger partial charge in [-0.2, -0.15) is 0 Å². The molecule has 0 spiro atoms. The van der Waals surface area contributed by atoms with Crippen LogP contribution in [0.1, 0.15) is 10.5 Å². The Morgan fingerprint density at radius 2 is 2.00 bits per heavy atom. The zero-order valence-corrected chi connectivity index (χ0v) is 9.15. The SMILES string of the molecule is Nc1cccc(C(=O)Nc2ccc(F)cc2F)n1. The van der Waals surface area contributed by atoms with E-state index < -0.39 is 17.5 Å². The molecule has 6 heteroatoms. The molecule has 2 aromatic rings. The molecule has 92 valence electrons. The lowest BCUT2D eigenvalue weighted by Crippen LogP contribution is -2.15. The van der Waals surface area contributed by atoms with E-state index in [2.05, 4.69) is 10.3 Å². The number of benzene rings is 1. The predicted octanol–water partition coefficient (Wildman–Crippen LogP) is 2.19. The second-order valence-electron chi connectivity index (χ2n) is 3.53. The number of aromatic nitrogens is 1. The van der Waals surface area contributed by atoms with Gasteiger partial charge in [0.2, 0.25) is 0 Å². The number of anilines is 2. The third-order valence-electron chi connectivity index (χ3n) is 2.18. The van der Waals surface area contributed by atoms with E-state index in [1.807, 2.05) is 0 Å². The van der Waals surface area contributed by atoms with Crippen LogP contribution in [0.5, 0.6) is 0 Å². The third kappa shape index (κ3) is 2.60. The first-order valence-electron chi connectivity index (χ1n) is 5.05. The van der Waals surface area contributed by atoms with Crippen molar-refractivity contribution in [1.82, 2.24) is 4.98 Å². The van der Waals surface area contributed by atoms with Crippen molar-refractivity contribution in [3.05, 3.63) is 53.7 Å². The van der Waals surface area contributed by atoms with Gasteiger partial charge >= 0.3 is 0 Å². The summed E-state index contributed by atoms with van der Waals surface area (Å²) in [5.74, 6) is -2.00. The second-order valence-corrected chi connectivity index (χ2v) is 3.53. The maximum atomic E-state index is 13.3. The van der Waals surface area contributed by atoms with E-state index >= 15 is 0 Å². The highest BCUT2D eigenvalue weighted by Gasteiger charge is 2.11. The van der Waals surface area contributed by atoms with Crippen molar-refractivity contribution in [2.75, 3.05) is 11.1 Å². The third-order valence-corrected chi connectivity index (χ3v) is 2.18. The number of halogens is 2. The van der Waals surface area contributed by atoms with Gasteiger partial charge in [0.15, 0.2) is 0 Å². The molecule has 0 atom stereocenters. The van der Waals surface area contributed by atoms with Crippen molar-refractivity contribution in [3.8, 4) is 0 Å². The number of nitrogen functional groups attached to an aromatic ring is 1. The van der Waals surface area contributed by atoms with Gasteiger partial charge in [0.1, 0.15) is 23.1 Å². The van der Waals surface area contributed by atoms with Crippen molar-refractivity contribution >= 4 is 17.4 Å². The number of rotatable bonds is 2. The molecular weight excluding hydrogens is 240 g/mol. The van der Waals surface area contributed by atoms with Crippen LogP contribution in [0, 0.1) is 11.6 Å². The number of nitrogens with two attached hydrogens (primary N) is 1. The fourth-order valence-electron chi connectivity index (χ4n) is 1.36. The van der Waals surface area contributed by atoms with Crippen molar-refractivity contribution in [2.24, 2.45) is 0 Å². The molecule has 0 unspecified atom stereocenters. The topological polar surface area (TPSA) is 68.0 Å². The van der Waals surface area contributed by atoms with Crippen LogP contribution in [0.3, 0.4) is 0 Å². The minimum absolute atomic E-state index is 0.0544. The molecule has 3 N–H and O–H groups in total. The molecule has 0 aliphatic rings. The maximum Gasteiger partial charge on any atom is 0.274 e. The highest BCUT2D eigenvalue weighted by Crippen LogP contribution is 2.15. The smallest absolute Gasteiger partial charge is 0.274 e.